The predicted octanol–water partition coefficient (Wildman–Crippen LogP) is 5.21. The van der Waals surface area contributed by atoms with E-state index in [4.69, 9.17) is 9.47 Å². The third kappa shape index (κ3) is 4.97. The second-order valence-corrected chi connectivity index (χ2v) is 14.3. The van der Waals surface area contributed by atoms with Crippen molar-refractivity contribution in [3.05, 3.63) is 22.8 Å². The molecule has 3 N–H and O–H groups in total. The Morgan fingerprint density at radius 2 is 1.61 bits per heavy atom. The molecule has 0 heterocycles. The van der Waals surface area contributed by atoms with Gasteiger partial charge >= 0.3 is 17.9 Å². The molecule has 8 nitrogen and oxygen atoms in total. The SMILES string of the molecule is CC(=O)O[C@@H]1[C@H]2[C@H](C)[C@H](O)CC[C@]2(C)[C@@H]2CC[C@H]3/C(=C(/CCC=C(C)C)C(=O)O)[C@@H](OC(C)=O)C[C@]3(C)[C@@]2(C)[C@H]1O. The summed E-state index contributed by atoms with van der Waals surface area (Å²) >= 11 is 0. The predicted molar refractivity (Wildman–Crippen MR) is 153 cm³/mol. The molecular weight excluding hydrogens is 524 g/mol. The first-order valence-electron chi connectivity index (χ1n) is 15.3. The second-order valence-electron chi connectivity index (χ2n) is 14.3. The quantitative estimate of drug-likeness (QED) is 0.224. The van der Waals surface area contributed by atoms with Gasteiger partial charge in [0.25, 0.3) is 0 Å². The van der Waals surface area contributed by atoms with Gasteiger partial charge in [-0.05, 0) is 93.0 Å². The van der Waals surface area contributed by atoms with Gasteiger partial charge in [-0.15, -0.1) is 0 Å². The Morgan fingerprint density at radius 3 is 2.17 bits per heavy atom. The topological polar surface area (TPSA) is 130 Å². The van der Waals surface area contributed by atoms with Crippen molar-refractivity contribution in [2.45, 2.75) is 125 Å². The number of esters is 2. The summed E-state index contributed by atoms with van der Waals surface area (Å²) in [5, 5.41) is 33.6. The van der Waals surface area contributed by atoms with Gasteiger partial charge in [0.05, 0.1) is 12.2 Å². The van der Waals surface area contributed by atoms with Crippen LogP contribution in [0.3, 0.4) is 0 Å². The molecule has 4 saturated carbocycles. The standard InChI is InChI=1S/C33H50O8/c1-17(2)10-9-11-21(30(38)39)26-22-12-13-25-31(6)15-14-23(36)18(3)27(31)28(41-20(5)35)29(37)33(25,8)32(22,7)16-24(26)40-19(4)34/h10,18,22-25,27-29,36-37H,9,11-16H2,1-8H3,(H,38,39)/b26-21+/t18-,22+,23-,24+,25+,27-,28-,29+,31-,32+,33-/m1/s1. The number of aliphatic hydroxyl groups excluding tert-OH is 2. The molecule has 0 spiro atoms. The maximum absolute atomic E-state index is 12.7. The first-order valence-corrected chi connectivity index (χ1v) is 15.3. The van der Waals surface area contributed by atoms with E-state index in [0.29, 0.717) is 43.3 Å². The zero-order valence-electron chi connectivity index (χ0n) is 26.0. The Labute approximate surface area is 244 Å². The Balaban J connectivity index is 1.89. The van der Waals surface area contributed by atoms with E-state index in [1.807, 2.05) is 26.8 Å². The molecule has 0 saturated heterocycles. The van der Waals surface area contributed by atoms with Gasteiger partial charge in [-0.25, -0.2) is 4.79 Å². The Hall–Kier alpha value is -2.19. The zero-order chi connectivity index (χ0) is 30.7. The largest absolute Gasteiger partial charge is 0.478 e. The number of aliphatic carboxylic acids is 1. The normalized spacial score (nSPS) is 44.5. The van der Waals surface area contributed by atoms with Gasteiger partial charge in [-0.1, -0.05) is 39.3 Å². The van der Waals surface area contributed by atoms with Crippen LogP contribution in [0.4, 0.5) is 0 Å². The Morgan fingerprint density at radius 1 is 0.976 bits per heavy atom. The number of carboxylic acids is 1. The summed E-state index contributed by atoms with van der Waals surface area (Å²) in [6, 6.07) is 0. The third-order valence-corrected chi connectivity index (χ3v) is 12.0. The van der Waals surface area contributed by atoms with Crippen LogP contribution in [0.15, 0.2) is 22.8 Å². The second kappa shape index (κ2) is 11.1. The van der Waals surface area contributed by atoms with Gasteiger partial charge < -0.3 is 24.8 Å². The minimum absolute atomic E-state index is 0.0364. The highest BCUT2D eigenvalue weighted by atomic mass is 16.6. The molecule has 0 bridgehead atoms. The fraction of sp³-hybridized carbons (Fsp3) is 0.788. The van der Waals surface area contributed by atoms with E-state index in [0.717, 1.165) is 18.4 Å². The number of carboxylic acid groups (broad SMARTS) is 1. The van der Waals surface area contributed by atoms with Crippen molar-refractivity contribution in [3.63, 3.8) is 0 Å². The first-order chi connectivity index (χ1) is 19.0. The van der Waals surface area contributed by atoms with Crippen LogP contribution in [0.25, 0.3) is 0 Å². The molecule has 41 heavy (non-hydrogen) atoms. The molecule has 230 valence electrons. The molecule has 0 radical (unpaired) electrons. The number of carbonyl (C=O) groups excluding carboxylic acids is 2. The third-order valence-electron chi connectivity index (χ3n) is 12.0. The molecule has 8 heteroatoms. The molecular formula is C33H50O8. The molecule has 0 aliphatic heterocycles. The maximum atomic E-state index is 12.7. The highest BCUT2D eigenvalue weighted by Crippen LogP contribution is 2.74. The van der Waals surface area contributed by atoms with Crippen molar-refractivity contribution in [3.8, 4) is 0 Å². The summed E-state index contributed by atoms with van der Waals surface area (Å²) in [4.78, 5) is 37.5. The highest BCUT2D eigenvalue weighted by molar-refractivity contribution is 5.88. The molecule has 0 unspecified atom stereocenters. The zero-order valence-corrected chi connectivity index (χ0v) is 26.0. The maximum Gasteiger partial charge on any atom is 0.331 e. The molecule has 0 amide bonds. The van der Waals surface area contributed by atoms with Crippen molar-refractivity contribution in [1.82, 2.24) is 0 Å². The van der Waals surface area contributed by atoms with E-state index >= 15 is 0 Å². The lowest BCUT2D eigenvalue weighted by Gasteiger charge is -2.70. The number of carbonyl (C=O) groups is 3. The molecule has 11 atom stereocenters. The average Bonchev–Trinajstić information content (AvgIpc) is 3.14. The number of hydrogen-bond donors (Lipinski definition) is 3. The lowest BCUT2D eigenvalue weighted by atomic mass is 9.35. The van der Waals surface area contributed by atoms with Crippen molar-refractivity contribution in [2.24, 2.45) is 39.9 Å². The summed E-state index contributed by atoms with van der Waals surface area (Å²) in [6.07, 6.45) is 3.08. The molecule has 4 rings (SSSR count). The van der Waals surface area contributed by atoms with Gasteiger partial charge in [0.1, 0.15) is 12.2 Å². The molecule has 0 aromatic carbocycles. The van der Waals surface area contributed by atoms with Crippen LogP contribution >= 0.6 is 0 Å². The lowest BCUT2D eigenvalue weighted by molar-refractivity contribution is -0.288. The van der Waals surface area contributed by atoms with Crippen molar-refractivity contribution in [1.29, 1.82) is 0 Å². The summed E-state index contributed by atoms with van der Waals surface area (Å²) < 4.78 is 11.8. The highest BCUT2D eigenvalue weighted by Gasteiger charge is 2.74. The van der Waals surface area contributed by atoms with Gasteiger partial charge in [-0.2, -0.15) is 0 Å². The molecule has 0 aromatic heterocycles. The van der Waals surface area contributed by atoms with Crippen LogP contribution in [-0.4, -0.2) is 57.6 Å². The van der Waals surface area contributed by atoms with Crippen LogP contribution in [0.1, 0.15) is 100 Å². The van der Waals surface area contributed by atoms with Gasteiger partial charge in [-0.3, -0.25) is 9.59 Å². The number of ether oxygens (including phenoxy) is 2. The fourth-order valence-corrected chi connectivity index (χ4v) is 10.1. The summed E-state index contributed by atoms with van der Waals surface area (Å²) in [7, 11) is 0. The smallest absolute Gasteiger partial charge is 0.331 e. The van der Waals surface area contributed by atoms with Crippen LogP contribution < -0.4 is 0 Å². The van der Waals surface area contributed by atoms with Crippen LogP contribution in [0.5, 0.6) is 0 Å². The number of aliphatic hydroxyl groups is 2. The van der Waals surface area contributed by atoms with Crippen molar-refractivity contribution in [2.75, 3.05) is 0 Å². The number of hydrogen-bond acceptors (Lipinski definition) is 7. The van der Waals surface area contributed by atoms with E-state index in [9.17, 15) is 29.7 Å². The number of allylic oxidation sites excluding steroid dienone is 2. The minimum atomic E-state index is -1.04. The Kier molecular flexibility index (Phi) is 8.63. The van der Waals surface area contributed by atoms with E-state index < -0.39 is 53.2 Å². The van der Waals surface area contributed by atoms with Gasteiger partial charge in [0, 0.05) is 30.8 Å². The van der Waals surface area contributed by atoms with E-state index in [1.165, 1.54) is 13.8 Å². The summed E-state index contributed by atoms with van der Waals surface area (Å²) in [5.41, 5.74) is 0.360. The van der Waals surface area contributed by atoms with Crippen LogP contribution in [0.2, 0.25) is 0 Å². The Bertz CT molecular complexity index is 1140. The van der Waals surface area contributed by atoms with Crippen molar-refractivity contribution < 1.29 is 39.2 Å². The molecule has 4 aliphatic carbocycles. The minimum Gasteiger partial charge on any atom is -0.478 e. The molecule has 4 aliphatic rings. The van der Waals surface area contributed by atoms with E-state index in [-0.39, 0.29) is 29.1 Å². The fourth-order valence-electron chi connectivity index (χ4n) is 10.1. The molecule has 4 fully saturated rings. The van der Waals surface area contributed by atoms with Crippen LogP contribution in [0, 0.1) is 39.9 Å². The monoisotopic (exact) mass is 574 g/mol. The summed E-state index contributed by atoms with van der Waals surface area (Å²) in [6.45, 7) is 15.1. The van der Waals surface area contributed by atoms with Gasteiger partial charge in [0.15, 0.2) is 0 Å². The molecule has 0 aromatic rings. The van der Waals surface area contributed by atoms with E-state index in [1.54, 1.807) is 0 Å². The number of fused-ring (bicyclic) bond motifs is 5. The van der Waals surface area contributed by atoms with Crippen LogP contribution in [-0.2, 0) is 23.9 Å². The van der Waals surface area contributed by atoms with E-state index in [2.05, 4.69) is 20.8 Å². The lowest BCUT2D eigenvalue weighted by Crippen LogP contribution is -2.72. The van der Waals surface area contributed by atoms with Crippen molar-refractivity contribution >= 4 is 17.9 Å². The number of rotatable bonds is 6. The average molecular weight is 575 g/mol. The van der Waals surface area contributed by atoms with Gasteiger partial charge in [0.2, 0.25) is 0 Å². The first kappa shape index (κ1) is 31.7. The summed E-state index contributed by atoms with van der Waals surface area (Å²) in [5.74, 6) is -2.50.